The number of hydrogen-bond donors (Lipinski definition) is 0. The molecule has 3 aromatic heterocycles. The minimum atomic E-state index is -0.101. The molecule has 0 aliphatic carbocycles. The summed E-state index contributed by atoms with van der Waals surface area (Å²) in [5.41, 5.74) is 18.9. The highest BCUT2D eigenvalue weighted by Crippen LogP contribution is 2.44. The van der Waals surface area contributed by atoms with E-state index >= 15 is 0 Å². The summed E-state index contributed by atoms with van der Waals surface area (Å²) in [4.78, 5) is 16.6. The van der Waals surface area contributed by atoms with Crippen LogP contribution in [0.3, 0.4) is 0 Å². The van der Waals surface area contributed by atoms with Crippen molar-refractivity contribution in [2.45, 2.75) is 119 Å². The quantitative estimate of drug-likeness (QED) is 0.167. The first-order chi connectivity index (χ1) is 35.0. The molecule has 74 heavy (non-hydrogen) atoms. The van der Waals surface area contributed by atoms with E-state index < -0.39 is 0 Å². The average molecular weight is 968 g/mol. The van der Waals surface area contributed by atoms with Crippen LogP contribution in [-0.4, -0.2) is 24.1 Å². The van der Waals surface area contributed by atoms with Gasteiger partial charge >= 0.3 is 0 Å². The topological polar surface area (TPSA) is 48.5 Å². The van der Waals surface area contributed by atoms with Gasteiger partial charge in [0.25, 0.3) is 0 Å². The lowest BCUT2D eigenvalue weighted by atomic mass is 9.79. The number of aryl methyl sites for hydroxylation is 2. The molecule has 0 saturated carbocycles. The van der Waals surface area contributed by atoms with Gasteiger partial charge in [-0.3, -0.25) is 0 Å². The van der Waals surface area contributed by atoms with Crippen LogP contribution in [0.1, 0.15) is 116 Å². The van der Waals surface area contributed by atoms with Crippen molar-refractivity contribution in [2.75, 3.05) is 0 Å². The van der Waals surface area contributed by atoms with Crippen LogP contribution in [0.15, 0.2) is 164 Å². The van der Waals surface area contributed by atoms with Crippen LogP contribution in [0, 0.1) is 13.8 Å². The zero-order valence-corrected chi connectivity index (χ0v) is 45.8. The van der Waals surface area contributed by atoms with Gasteiger partial charge in [-0.15, -0.1) is 0 Å². The van der Waals surface area contributed by atoms with Crippen molar-refractivity contribution in [3.05, 3.63) is 197 Å². The van der Waals surface area contributed by atoms with E-state index in [2.05, 4.69) is 270 Å². The first kappa shape index (κ1) is 48.6. The fraction of sp³-hybridized carbons (Fsp3) is 0.261. The molecule has 5 nitrogen and oxygen atoms in total. The maximum Gasteiger partial charge on any atom is 0.164 e. The van der Waals surface area contributed by atoms with Crippen LogP contribution in [0.5, 0.6) is 0 Å². The molecule has 0 saturated heterocycles. The summed E-state index contributed by atoms with van der Waals surface area (Å²) in [5.74, 6) is 1.94. The number of rotatable bonds is 6. The summed E-state index contributed by atoms with van der Waals surface area (Å²) in [6.07, 6.45) is 0. The third-order valence-corrected chi connectivity index (χ3v) is 15.1. The van der Waals surface area contributed by atoms with Gasteiger partial charge in [-0.1, -0.05) is 173 Å². The molecule has 0 N–H and O–H groups in total. The first-order valence-corrected chi connectivity index (χ1v) is 26.3. The van der Waals surface area contributed by atoms with Gasteiger partial charge in [0.15, 0.2) is 17.5 Å². The summed E-state index contributed by atoms with van der Waals surface area (Å²) in [6.45, 7) is 31.8. The Labute approximate surface area is 438 Å². The van der Waals surface area contributed by atoms with E-state index in [4.69, 9.17) is 15.0 Å². The molecule has 11 rings (SSSR count). The molecular formula is C69H69N5. The van der Waals surface area contributed by atoms with E-state index in [1.165, 1.54) is 60.4 Å². The Morgan fingerprint density at radius 1 is 0.297 bits per heavy atom. The molecule has 11 aromatic rings. The van der Waals surface area contributed by atoms with Crippen LogP contribution in [-0.2, 0) is 21.7 Å². The highest BCUT2D eigenvalue weighted by molar-refractivity contribution is 6.12. The lowest BCUT2D eigenvalue weighted by Gasteiger charge is -2.26. The van der Waals surface area contributed by atoms with Gasteiger partial charge in [0.1, 0.15) is 0 Å². The molecular weight excluding hydrogens is 899 g/mol. The number of benzene rings is 8. The Hall–Kier alpha value is -7.63. The Morgan fingerprint density at radius 2 is 0.662 bits per heavy atom. The second-order valence-electron chi connectivity index (χ2n) is 24.9. The molecule has 0 amide bonds. The number of aromatic nitrogens is 5. The molecule has 0 atom stereocenters. The summed E-state index contributed by atoms with van der Waals surface area (Å²) in [7, 11) is 0. The lowest BCUT2D eigenvalue weighted by molar-refractivity contribution is 0.568. The largest absolute Gasteiger partial charge is 0.309 e. The zero-order chi connectivity index (χ0) is 52.2. The molecule has 0 bridgehead atoms. The predicted molar refractivity (Wildman–Crippen MR) is 315 cm³/mol. The van der Waals surface area contributed by atoms with Crippen molar-refractivity contribution in [3.8, 4) is 56.7 Å². The molecule has 5 heteroatoms. The van der Waals surface area contributed by atoms with Gasteiger partial charge in [-0.05, 0) is 143 Å². The molecule has 0 radical (unpaired) electrons. The van der Waals surface area contributed by atoms with Crippen molar-refractivity contribution < 1.29 is 0 Å². The Morgan fingerprint density at radius 3 is 1.09 bits per heavy atom. The summed E-state index contributed by atoms with van der Waals surface area (Å²) >= 11 is 0. The zero-order valence-electron chi connectivity index (χ0n) is 45.8. The van der Waals surface area contributed by atoms with E-state index in [1.807, 2.05) is 0 Å². The van der Waals surface area contributed by atoms with Crippen LogP contribution >= 0.6 is 0 Å². The van der Waals surface area contributed by atoms with Crippen molar-refractivity contribution >= 4 is 43.6 Å². The van der Waals surface area contributed by atoms with Crippen molar-refractivity contribution in [2.24, 2.45) is 0 Å². The second kappa shape index (κ2) is 17.5. The maximum absolute atomic E-state index is 5.55. The normalized spacial score (nSPS) is 12.7. The summed E-state index contributed by atoms with van der Waals surface area (Å²) in [6, 6.07) is 60.9. The van der Waals surface area contributed by atoms with Gasteiger partial charge < -0.3 is 9.13 Å². The third kappa shape index (κ3) is 8.70. The van der Waals surface area contributed by atoms with Crippen LogP contribution in [0.4, 0.5) is 0 Å². The minimum Gasteiger partial charge on any atom is -0.309 e. The first-order valence-electron chi connectivity index (χ1n) is 26.3. The number of nitrogens with zero attached hydrogens (tertiary/aromatic N) is 5. The molecule has 370 valence electrons. The minimum absolute atomic E-state index is 0.101. The molecule has 0 unspecified atom stereocenters. The highest BCUT2D eigenvalue weighted by atomic mass is 15.0. The Kier molecular flexibility index (Phi) is 11.5. The van der Waals surface area contributed by atoms with E-state index in [0.717, 1.165) is 55.7 Å². The number of hydrogen-bond acceptors (Lipinski definition) is 3. The van der Waals surface area contributed by atoms with E-state index in [0.29, 0.717) is 17.5 Å². The van der Waals surface area contributed by atoms with E-state index in [1.54, 1.807) is 0 Å². The summed E-state index contributed by atoms with van der Waals surface area (Å²) in [5, 5.41) is 4.92. The average Bonchev–Trinajstić information content (AvgIpc) is 3.87. The number of fused-ring (bicyclic) bond motifs is 6. The van der Waals surface area contributed by atoms with Crippen LogP contribution in [0.25, 0.3) is 100 Å². The molecule has 0 fully saturated rings. The van der Waals surface area contributed by atoms with Gasteiger partial charge in [-0.25, -0.2) is 15.0 Å². The predicted octanol–water partition coefficient (Wildman–Crippen LogP) is 18.5. The standard InChI is InChI=1S/C69H69N5/c1-42-27-30-60-54(33-42)51-21-15-18-24-57(51)73(60)59-26-20-17-23-53(59)56-39-44(29-32-62(56)74-58-25-19-16-22-52(58)55-34-43(2)28-31-61(55)74)63-70-64(45-35-47(66(3,4)5)40-48(36-45)67(6,7)8)72-65(71-63)46-37-49(68(9,10)11)41-50(38-46)69(12,13)14/h15-41H,1-14H3. The van der Waals surface area contributed by atoms with E-state index in [-0.39, 0.29) is 21.7 Å². The molecule has 8 aromatic carbocycles. The summed E-state index contributed by atoms with van der Waals surface area (Å²) < 4.78 is 4.91. The molecule has 0 aliphatic heterocycles. The van der Waals surface area contributed by atoms with Crippen molar-refractivity contribution in [3.63, 3.8) is 0 Å². The van der Waals surface area contributed by atoms with Gasteiger partial charge in [0, 0.05) is 49.4 Å². The number of para-hydroxylation sites is 3. The molecule has 0 spiro atoms. The SMILES string of the molecule is Cc1ccc2c(c1)c1ccccc1n2-c1ccccc1-c1cc(-c2nc(-c3cc(C(C)(C)C)cc(C(C)(C)C)c3)nc(-c3cc(C(C)(C)C)cc(C(C)(C)C)c3)n2)ccc1-n1c2ccccc2c2cc(C)ccc21. The fourth-order valence-electron chi connectivity index (χ4n) is 10.7. The highest BCUT2D eigenvalue weighted by Gasteiger charge is 2.27. The Bertz CT molecular complexity index is 3860. The smallest absolute Gasteiger partial charge is 0.164 e. The van der Waals surface area contributed by atoms with E-state index in [9.17, 15) is 0 Å². The fourth-order valence-corrected chi connectivity index (χ4v) is 10.7. The Balaban J connectivity index is 1.24. The lowest BCUT2D eigenvalue weighted by Crippen LogP contribution is -2.17. The third-order valence-electron chi connectivity index (χ3n) is 15.1. The van der Waals surface area contributed by atoms with Crippen LogP contribution < -0.4 is 0 Å². The van der Waals surface area contributed by atoms with Crippen molar-refractivity contribution in [1.82, 2.24) is 24.1 Å². The van der Waals surface area contributed by atoms with Gasteiger partial charge in [0.2, 0.25) is 0 Å². The van der Waals surface area contributed by atoms with Gasteiger partial charge in [0.05, 0.1) is 33.4 Å². The van der Waals surface area contributed by atoms with Crippen LogP contribution in [0.2, 0.25) is 0 Å². The monoisotopic (exact) mass is 968 g/mol. The van der Waals surface area contributed by atoms with Crippen molar-refractivity contribution in [1.29, 1.82) is 0 Å². The second-order valence-corrected chi connectivity index (χ2v) is 24.9. The molecule has 3 heterocycles. The van der Waals surface area contributed by atoms with Gasteiger partial charge in [-0.2, -0.15) is 0 Å². The molecule has 0 aliphatic rings. The maximum atomic E-state index is 5.55.